The first-order chi connectivity index (χ1) is 7.63. The Hall–Kier alpha value is -0.730. The van der Waals surface area contributed by atoms with Gasteiger partial charge < -0.3 is 10.1 Å². The van der Waals surface area contributed by atoms with Crippen LogP contribution in [-0.4, -0.2) is 19.0 Å². The summed E-state index contributed by atoms with van der Waals surface area (Å²) in [5.41, 5.74) is 2.45. The molecule has 0 saturated carbocycles. The zero-order valence-electron chi connectivity index (χ0n) is 10.2. The van der Waals surface area contributed by atoms with Gasteiger partial charge in [-0.2, -0.15) is 0 Å². The van der Waals surface area contributed by atoms with Gasteiger partial charge in [0, 0.05) is 17.5 Å². The molecule has 0 aliphatic carbocycles. The number of hydrogen-bond donors (Lipinski definition) is 1. The second kappa shape index (κ2) is 6.77. The van der Waals surface area contributed by atoms with Gasteiger partial charge in [-0.25, -0.2) is 0 Å². The molecule has 0 amide bonds. The first kappa shape index (κ1) is 13.3. The smallest absolute Gasteiger partial charge is 0.123 e. The second-order valence-electron chi connectivity index (χ2n) is 4.06. The summed E-state index contributed by atoms with van der Waals surface area (Å²) < 4.78 is 5.31. The maximum absolute atomic E-state index is 5.88. The van der Waals surface area contributed by atoms with Crippen molar-refractivity contribution in [2.45, 2.75) is 32.2 Å². The Kier molecular flexibility index (Phi) is 5.64. The van der Waals surface area contributed by atoms with Crippen molar-refractivity contribution in [1.82, 2.24) is 5.32 Å². The van der Waals surface area contributed by atoms with Crippen molar-refractivity contribution in [2.75, 3.05) is 13.7 Å². The highest BCUT2D eigenvalue weighted by molar-refractivity contribution is 6.20. The van der Waals surface area contributed by atoms with Gasteiger partial charge in [0.1, 0.15) is 5.75 Å². The van der Waals surface area contributed by atoms with Gasteiger partial charge in [0.2, 0.25) is 0 Å². The molecule has 0 aliphatic heterocycles. The van der Waals surface area contributed by atoms with Gasteiger partial charge in [0.05, 0.1) is 7.11 Å². The van der Waals surface area contributed by atoms with E-state index in [1.165, 1.54) is 11.1 Å². The summed E-state index contributed by atoms with van der Waals surface area (Å²) in [6.07, 6.45) is 0.982. The third-order valence-corrected chi connectivity index (χ3v) is 2.69. The van der Waals surface area contributed by atoms with Crippen molar-refractivity contribution >= 4 is 11.6 Å². The summed E-state index contributed by atoms with van der Waals surface area (Å²) >= 11 is 5.88. The van der Waals surface area contributed by atoms with Gasteiger partial charge in [-0.1, -0.05) is 17.7 Å². The van der Waals surface area contributed by atoms with Gasteiger partial charge in [0.25, 0.3) is 0 Å². The molecule has 0 bridgehead atoms. The Balaban J connectivity index is 2.48. The molecule has 0 heterocycles. The number of benzene rings is 1. The molecule has 1 rings (SSSR count). The SMILES string of the molecule is COc1ccc(C)cc1CNCCC(C)Cl. The Morgan fingerprint density at radius 3 is 2.81 bits per heavy atom. The molecule has 0 aromatic heterocycles. The van der Waals surface area contributed by atoms with E-state index in [9.17, 15) is 0 Å². The standard InChI is InChI=1S/C13H20ClNO/c1-10-4-5-13(16-3)12(8-10)9-15-7-6-11(2)14/h4-5,8,11,15H,6-7,9H2,1-3H3. The summed E-state index contributed by atoms with van der Waals surface area (Å²) in [7, 11) is 1.70. The van der Waals surface area contributed by atoms with E-state index in [2.05, 4.69) is 24.4 Å². The average molecular weight is 242 g/mol. The van der Waals surface area contributed by atoms with Gasteiger partial charge >= 0.3 is 0 Å². The average Bonchev–Trinajstić information content (AvgIpc) is 2.24. The molecule has 90 valence electrons. The molecule has 1 N–H and O–H groups in total. The van der Waals surface area contributed by atoms with E-state index >= 15 is 0 Å². The maximum Gasteiger partial charge on any atom is 0.123 e. The molecule has 1 aromatic rings. The summed E-state index contributed by atoms with van der Waals surface area (Å²) in [5, 5.41) is 3.60. The molecule has 0 spiro atoms. The minimum Gasteiger partial charge on any atom is -0.496 e. The highest BCUT2D eigenvalue weighted by Crippen LogP contribution is 2.19. The zero-order chi connectivity index (χ0) is 12.0. The first-order valence-electron chi connectivity index (χ1n) is 5.61. The lowest BCUT2D eigenvalue weighted by molar-refractivity contribution is 0.407. The molecule has 0 radical (unpaired) electrons. The highest BCUT2D eigenvalue weighted by Gasteiger charge is 2.03. The van der Waals surface area contributed by atoms with Gasteiger partial charge in [-0.3, -0.25) is 0 Å². The van der Waals surface area contributed by atoms with Crippen LogP contribution >= 0.6 is 11.6 Å². The predicted molar refractivity (Wildman–Crippen MR) is 69.4 cm³/mol. The van der Waals surface area contributed by atoms with E-state index in [-0.39, 0.29) is 5.38 Å². The first-order valence-corrected chi connectivity index (χ1v) is 6.05. The number of nitrogens with one attached hydrogen (secondary N) is 1. The van der Waals surface area contributed by atoms with E-state index in [4.69, 9.17) is 16.3 Å². The summed E-state index contributed by atoms with van der Waals surface area (Å²) in [5.74, 6) is 0.942. The molecule has 1 aromatic carbocycles. The van der Waals surface area contributed by atoms with E-state index in [1.807, 2.05) is 13.0 Å². The van der Waals surface area contributed by atoms with Crippen LogP contribution in [0.3, 0.4) is 0 Å². The van der Waals surface area contributed by atoms with Crippen molar-refractivity contribution in [2.24, 2.45) is 0 Å². The van der Waals surface area contributed by atoms with Crippen LogP contribution < -0.4 is 10.1 Å². The molecule has 2 nitrogen and oxygen atoms in total. The van der Waals surface area contributed by atoms with Crippen LogP contribution in [0.2, 0.25) is 0 Å². The van der Waals surface area contributed by atoms with E-state index in [0.29, 0.717) is 0 Å². The van der Waals surface area contributed by atoms with E-state index in [1.54, 1.807) is 7.11 Å². The second-order valence-corrected chi connectivity index (χ2v) is 4.81. The largest absolute Gasteiger partial charge is 0.496 e. The normalized spacial score (nSPS) is 12.5. The number of hydrogen-bond acceptors (Lipinski definition) is 2. The van der Waals surface area contributed by atoms with Gasteiger partial charge in [0.15, 0.2) is 0 Å². The number of rotatable bonds is 6. The predicted octanol–water partition coefficient (Wildman–Crippen LogP) is 3.11. The van der Waals surface area contributed by atoms with Crippen molar-refractivity contribution in [3.63, 3.8) is 0 Å². The van der Waals surface area contributed by atoms with Crippen LogP contribution in [-0.2, 0) is 6.54 Å². The lowest BCUT2D eigenvalue weighted by atomic mass is 10.1. The maximum atomic E-state index is 5.88. The topological polar surface area (TPSA) is 21.3 Å². The van der Waals surface area contributed by atoms with Crippen molar-refractivity contribution < 1.29 is 4.74 Å². The summed E-state index contributed by atoms with van der Waals surface area (Å²) in [6, 6.07) is 6.22. The lowest BCUT2D eigenvalue weighted by Gasteiger charge is -2.11. The number of alkyl halides is 1. The van der Waals surface area contributed by atoms with Crippen LogP contribution in [0, 0.1) is 6.92 Å². The molecule has 16 heavy (non-hydrogen) atoms. The van der Waals surface area contributed by atoms with Crippen LogP contribution in [0.1, 0.15) is 24.5 Å². The van der Waals surface area contributed by atoms with Crippen LogP contribution in [0.25, 0.3) is 0 Å². The number of aryl methyl sites for hydroxylation is 1. The van der Waals surface area contributed by atoms with Crippen molar-refractivity contribution in [3.05, 3.63) is 29.3 Å². The lowest BCUT2D eigenvalue weighted by Crippen LogP contribution is -2.17. The Morgan fingerprint density at radius 1 is 1.44 bits per heavy atom. The van der Waals surface area contributed by atoms with Gasteiger partial charge in [-0.15, -0.1) is 11.6 Å². The van der Waals surface area contributed by atoms with Crippen LogP contribution in [0.4, 0.5) is 0 Å². The molecule has 0 fully saturated rings. The Labute approximate surface area is 103 Å². The molecule has 1 unspecified atom stereocenters. The minimum atomic E-state index is 0.229. The van der Waals surface area contributed by atoms with E-state index in [0.717, 1.165) is 25.3 Å². The third-order valence-electron chi connectivity index (χ3n) is 2.47. The van der Waals surface area contributed by atoms with Crippen molar-refractivity contribution in [1.29, 1.82) is 0 Å². The van der Waals surface area contributed by atoms with Crippen molar-refractivity contribution in [3.8, 4) is 5.75 Å². The Morgan fingerprint density at radius 2 is 2.19 bits per heavy atom. The molecule has 1 atom stereocenters. The molecule has 0 saturated heterocycles. The van der Waals surface area contributed by atoms with E-state index < -0.39 is 0 Å². The number of methoxy groups -OCH3 is 1. The zero-order valence-corrected chi connectivity index (χ0v) is 11.0. The highest BCUT2D eigenvalue weighted by atomic mass is 35.5. The molecule has 3 heteroatoms. The Bertz CT molecular complexity index is 326. The molecular formula is C13H20ClNO. The van der Waals surface area contributed by atoms with Gasteiger partial charge in [-0.05, 0) is 32.9 Å². The van der Waals surface area contributed by atoms with Crippen LogP contribution in [0.5, 0.6) is 5.75 Å². The minimum absolute atomic E-state index is 0.229. The number of halogens is 1. The molecular weight excluding hydrogens is 222 g/mol. The summed E-state index contributed by atoms with van der Waals surface area (Å²) in [4.78, 5) is 0. The fourth-order valence-corrected chi connectivity index (χ4v) is 1.68. The quantitative estimate of drug-likeness (QED) is 0.611. The fourth-order valence-electron chi connectivity index (χ4n) is 1.57. The third kappa shape index (κ3) is 4.42. The van der Waals surface area contributed by atoms with Crippen LogP contribution in [0.15, 0.2) is 18.2 Å². The fraction of sp³-hybridized carbons (Fsp3) is 0.538. The monoisotopic (exact) mass is 241 g/mol. The number of ether oxygens (including phenoxy) is 1. The molecule has 0 aliphatic rings. The summed E-state index contributed by atoms with van der Waals surface area (Å²) in [6.45, 7) is 5.86.